The maximum absolute atomic E-state index is 12.5. The number of rotatable bonds is 4. The minimum absolute atomic E-state index is 0.0517. The van der Waals surface area contributed by atoms with Gasteiger partial charge in [0, 0.05) is 6.04 Å². The maximum Gasteiger partial charge on any atom is 0.433 e. The van der Waals surface area contributed by atoms with Gasteiger partial charge in [-0.3, -0.25) is 0 Å². The highest BCUT2D eigenvalue weighted by molar-refractivity contribution is 5.65. The normalized spacial score (nSPS) is 13.7. The van der Waals surface area contributed by atoms with E-state index in [2.05, 4.69) is 24.1 Å². The summed E-state index contributed by atoms with van der Waals surface area (Å²) in [6.45, 7) is 6.01. The molecule has 0 aromatic carbocycles. The Morgan fingerprint density at radius 3 is 2.44 bits per heavy atom. The fraction of sp³-hybridized carbons (Fsp3) is 0.583. The van der Waals surface area contributed by atoms with Crippen LogP contribution in [0.3, 0.4) is 0 Å². The van der Waals surface area contributed by atoms with E-state index in [1.165, 1.54) is 0 Å². The zero-order valence-electron chi connectivity index (χ0n) is 10.7. The molecule has 0 fully saturated rings. The molecular formula is C12H18F3N3. The lowest BCUT2D eigenvalue weighted by molar-refractivity contribution is -0.141. The van der Waals surface area contributed by atoms with E-state index in [0.717, 1.165) is 18.7 Å². The van der Waals surface area contributed by atoms with Crippen LogP contribution in [0.2, 0.25) is 0 Å². The predicted octanol–water partition coefficient (Wildman–Crippen LogP) is 3.53. The lowest BCUT2D eigenvalue weighted by atomic mass is 10.0. The van der Waals surface area contributed by atoms with E-state index >= 15 is 0 Å². The molecule has 0 bridgehead atoms. The number of nitrogens with one attached hydrogen (secondary N) is 1. The van der Waals surface area contributed by atoms with Gasteiger partial charge >= 0.3 is 6.18 Å². The molecular weight excluding hydrogens is 243 g/mol. The fourth-order valence-electron chi connectivity index (χ4n) is 1.78. The van der Waals surface area contributed by atoms with E-state index in [0.29, 0.717) is 5.92 Å². The van der Waals surface area contributed by atoms with Gasteiger partial charge in [0.25, 0.3) is 0 Å². The molecule has 0 aliphatic heterocycles. The average Bonchev–Trinajstić information content (AvgIpc) is 2.18. The molecule has 1 aromatic heterocycles. The third-order valence-corrected chi connectivity index (χ3v) is 2.45. The summed E-state index contributed by atoms with van der Waals surface area (Å²) in [5, 5.41) is 2.99. The number of aromatic nitrogens is 1. The SMILES string of the molecule is CC(C)CC(C)Nc1cc(C(F)(F)F)ncc1N. The number of nitrogens with two attached hydrogens (primary N) is 1. The van der Waals surface area contributed by atoms with Crippen LogP contribution in [-0.4, -0.2) is 11.0 Å². The van der Waals surface area contributed by atoms with Crippen LogP contribution >= 0.6 is 0 Å². The fourth-order valence-corrected chi connectivity index (χ4v) is 1.78. The first-order valence-electron chi connectivity index (χ1n) is 5.79. The molecule has 1 heterocycles. The van der Waals surface area contributed by atoms with Gasteiger partial charge in [-0.05, 0) is 25.3 Å². The van der Waals surface area contributed by atoms with E-state index < -0.39 is 11.9 Å². The molecule has 3 nitrogen and oxygen atoms in total. The summed E-state index contributed by atoms with van der Waals surface area (Å²) in [6, 6.07) is 1.00. The molecule has 3 N–H and O–H groups in total. The first-order chi connectivity index (χ1) is 8.20. The van der Waals surface area contributed by atoms with Crippen molar-refractivity contribution in [1.29, 1.82) is 0 Å². The molecule has 0 aliphatic rings. The van der Waals surface area contributed by atoms with Gasteiger partial charge in [-0.15, -0.1) is 0 Å². The van der Waals surface area contributed by atoms with Crippen LogP contribution in [0.1, 0.15) is 32.9 Å². The summed E-state index contributed by atoms with van der Waals surface area (Å²) in [5.41, 5.74) is 5.19. The summed E-state index contributed by atoms with van der Waals surface area (Å²) in [7, 11) is 0. The van der Waals surface area contributed by atoms with Gasteiger partial charge in [-0.25, -0.2) is 4.98 Å². The standard InChI is InChI=1S/C12H18F3N3/c1-7(2)4-8(3)18-10-5-11(12(13,14)15)17-6-9(10)16/h5-8H,4,16H2,1-3H3,(H,17,18). The quantitative estimate of drug-likeness (QED) is 0.871. The van der Waals surface area contributed by atoms with Crippen molar-refractivity contribution in [3.63, 3.8) is 0 Å². The Hall–Kier alpha value is -1.46. The highest BCUT2D eigenvalue weighted by atomic mass is 19.4. The van der Waals surface area contributed by atoms with Crippen LogP contribution in [0.5, 0.6) is 0 Å². The first-order valence-corrected chi connectivity index (χ1v) is 5.79. The zero-order chi connectivity index (χ0) is 13.9. The largest absolute Gasteiger partial charge is 0.433 e. The van der Waals surface area contributed by atoms with Gasteiger partial charge in [0.15, 0.2) is 0 Å². The number of anilines is 2. The monoisotopic (exact) mass is 261 g/mol. The Balaban J connectivity index is 2.88. The van der Waals surface area contributed by atoms with Crippen molar-refractivity contribution in [3.05, 3.63) is 18.0 Å². The van der Waals surface area contributed by atoms with Crippen molar-refractivity contribution in [2.75, 3.05) is 11.1 Å². The number of pyridine rings is 1. The van der Waals surface area contributed by atoms with Gasteiger partial charge in [-0.1, -0.05) is 13.8 Å². The van der Waals surface area contributed by atoms with Crippen molar-refractivity contribution >= 4 is 11.4 Å². The predicted molar refractivity (Wildman–Crippen MR) is 66.2 cm³/mol. The number of hydrogen-bond acceptors (Lipinski definition) is 3. The van der Waals surface area contributed by atoms with Crippen molar-refractivity contribution in [1.82, 2.24) is 4.98 Å². The molecule has 1 aromatic rings. The number of hydrogen-bond donors (Lipinski definition) is 2. The second-order valence-corrected chi connectivity index (χ2v) is 4.83. The summed E-state index contributed by atoms with van der Waals surface area (Å²) in [4.78, 5) is 3.29. The first kappa shape index (κ1) is 14.6. The maximum atomic E-state index is 12.5. The molecule has 18 heavy (non-hydrogen) atoms. The summed E-state index contributed by atoms with van der Waals surface area (Å²) < 4.78 is 37.5. The number of nitrogen functional groups attached to an aromatic ring is 1. The van der Waals surface area contributed by atoms with Crippen LogP contribution in [0.25, 0.3) is 0 Å². The highest BCUT2D eigenvalue weighted by Gasteiger charge is 2.33. The topological polar surface area (TPSA) is 50.9 Å². The van der Waals surface area contributed by atoms with Gasteiger partial charge < -0.3 is 11.1 Å². The summed E-state index contributed by atoms with van der Waals surface area (Å²) >= 11 is 0. The molecule has 0 radical (unpaired) electrons. The number of nitrogens with zero attached hydrogens (tertiary/aromatic N) is 1. The molecule has 0 saturated carbocycles. The lowest BCUT2D eigenvalue weighted by Crippen LogP contribution is -2.19. The van der Waals surface area contributed by atoms with Gasteiger partial charge in [-0.2, -0.15) is 13.2 Å². The minimum Gasteiger partial charge on any atom is -0.396 e. The van der Waals surface area contributed by atoms with Crippen LogP contribution < -0.4 is 11.1 Å². The van der Waals surface area contributed by atoms with Crippen molar-refractivity contribution < 1.29 is 13.2 Å². The van der Waals surface area contributed by atoms with Crippen LogP contribution in [-0.2, 0) is 6.18 Å². The van der Waals surface area contributed by atoms with E-state index in [1.54, 1.807) is 0 Å². The average molecular weight is 261 g/mol. The van der Waals surface area contributed by atoms with Crippen molar-refractivity contribution in [3.8, 4) is 0 Å². The molecule has 0 spiro atoms. The Morgan fingerprint density at radius 1 is 1.33 bits per heavy atom. The van der Waals surface area contributed by atoms with Crippen LogP contribution in [0.15, 0.2) is 12.3 Å². The molecule has 0 aliphatic carbocycles. The Bertz CT molecular complexity index is 402. The molecule has 1 rings (SSSR count). The van der Waals surface area contributed by atoms with Crippen molar-refractivity contribution in [2.45, 2.75) is 39.4 Å². The number of alkyl halides is 3. The van der Waals surface area contributed by atoms with Gasteiger partial charge in [0.05, 0.1) is 17.6 Å². The molecule has 0 saturated heterocycles. The Labute approximate surface area is 105 Å². The molecule has 1 unspecified atom stereocenters. The molecule has 6 heteroatoms. The van der Waals surface area contributed by atoms with E-state index in [4.69, 9.17) is 5.73 Å². The second kappa shape index (κ2) is 5.46. The van der Waals surface area contributed by atoms with E-state index in [9.17, 15) is 13.2 Å². The Morgan fingerprint density at radius 2 is 1.94 bits per heavy atom. The highest BCUT2D eigenvalue weighted by Crippen LogP contribution is 2.31. The van der Waals surface area contributed by atoms with Gasteiger partial charge in [0.1, 0.15) is 5.69 Å². The number of halogens is 3. The van der Waals surface area contributed by atoms with Crippen LogP contribution in [0.4, 0.5) is 24.5 Å². The van der Waals surface area contributed by atoms with E-state index in [-0.39, 0.29) is 17.4 Å². The second-order valence-electron chi connectivity index (χ2n) is 4.83. The zero-order valence-corrected chi connectivity index (χ0v) is 10.7. The van der Waals surface area contributed by atoms with Crippen LogP contribution in [0, 0.1) is 5.92 Å². The summed E-state index contributed by atoms with van der Waals surface area (Å²) in [6.07, 6.45) is -2.57. The molecule has 102 valence electrons. The van der Waals surface area contributed by atoms with Crippen molar-refractivity contribution in [2.24, 2.45) is 5.92 Å². The minimum atomic E-state index is -4.45. The van der Waals surface area contributed by atoms with E-state index in [1.807, 2.05) is 6.92 Å². The van der Waals surface area contributed by atoms with Gasteiger partial charge in [0.2, 0.25) is 0 Å². The third-order valence-electron chi connectivity index (χ3n) is 2.45. The third kappa shape index (κ3) is 4.09. The Kier molecular flexibility index (Phi) is 4.43. The molecule has 0 amide bonds. The smallest absolute Gasteiger partial charge is 0.396 e. The molecule has 1 atom stereocenters. The lowest BCUT2D eigenvalue weighted by Gasteiger charge is -2.19. The summed E-state index contributed by atoms with van der Waals surface area (Å²) in [5.74, 6) is 0.456.